The van der Waals surface area contributed by atoms with Crippen LogP contribution < -0.4 is 0 Å². The predicted octanol–water partition coefficient (Wildman–Crippen LogP) is 7.74. The summed E-state index contributed by atoms with van der Waals surface area (Å²) >= 11 is 6.22. The first-order valence-electron chi connectivity index (χ1n) is 11.3. The van der Waals surface area contributed by atoms with Crippen LogP contribution in [-0.4, -0.2) is 19.9 Å². The normalized spacial score (nSPS) is 11.0. The lowest BCUT2D eigenvalue weighted by molar-refractivity contribution is 1.22. The van der Waals surface area contributed by atoms with Crippen molar-refractivity contribution in [2.75, 3.05) is 0 Å². The van der Waals surface area contributed by atoms with Gasteiger partial charge in [0.2, 0.25) is 5.28 Å². The van der Waals surface area contributed by atoms with Crippen LogP contribution in [0.4, 0.5) is 0 Å². The number of fused-ring (bicyclic) bond motifs is 1. The quantitative estimate of drug-likeness (QED) is 0.247. The van der Waals surface area contributed by atoms with E-state index < -0.39 is 0 Å². The Morgan fingerprint density at radius 1 is 0.486 bits per heavy atom. The minimum absolute atomic E-state index is 0.242. The van der Waals surface area contributed by atoms with Crippen LogP contribution >= 0.6 is 11.6 Å². The summed E-state index contributed by atoms with van der Waals surface area (Å²) in [4.78, 5) is 18.0. The number of para-hydroxylation sites is 1. The van der Waals surface area contributed by atoms with Gasteiger partial charge < -0.3 is 0 Å². The smallest absolute Gasteiger partial charge is 0.223 e. The zero-order valence-electron chi connectivity index (χ0n) is 18.6. The van der Waals surface area contributed by atoms with Crippen LogP contribution in [0.3, 0.4) is 0 Å². The van der Waals surface area contributed by atoms with Gasteiger partial charge >= 0.3 is 0 Å². The highest BCUT2D eigenvalue weighted by molar-refractivity contribution is 6.28. The van der Waals surface area contributed by atoms with E-state index in [-0.39, 0.29) is 5.28 Å². The second kappa shape index (κ2) is 9.09. The molecule has 0 aliphatic rings. The van der Waals surface area contributed by atoms with E-state index in [1.165, 1.54) is 0 Å². The van der Waals surface area contributed by atoms with Gasteiger partial charge in [-0.15, -0.1) is 0 Å². The Morgan fingerprint density at radius 2 is 1.06 bits per heavy atom. The number of halogens is 1. The predicted molar refractivity (Wildman–Crippen MR) is 142 cm³/mol. The number of hydrogen-bond donors (Lipinski definition) is 0. The van der Waals surface area contributed by atoms with Crippen LogP contribution in [0.15, 0.2) is 116 Å². The molecular weight excluding hydrogens is 452 g/mol. The van der Waals surface area contributed by atoms with E-state index in [9.17, 15) is 0 Å². The Labute approximate surface area is 208 Å². The molecule has 6 rings (SSSR count). The van der Waals surface area contributed by atoms with Crippen LogP contribution in [0.2, 0.25) is 5.28 Å². The summed E-state index contributed by atoms with van der Waals surface area (Å²) in [5.74, 6) is 0. The molecular formula is C30H19ClN4. The van der Waals surface area contributed by atoms with E-state index in [4.69, 9.17) is 11.6 Å². The first-order chi connectivity index (χ1) is 17.2. The molecule has 3 heterocycles. The van der Waals surface area contributed by atoms with E-state index in [0.717, 1.165) is 55.8 Å². The van der Waals surface area contributed by atoms with Crippen molar-refractivity contribution in [1.29, 1.82) is 0 Å². The summed E-state index contributed by atoms with van der Waals surface area (Å²) in [6.45, 7) is 0. The average Bonchev–Trinajstić information content (AvgIpc) is 2.93. The van der Waals surface area contributed by atoms with Gasteiger partial charge in [0.25, 0.3) is 0 Å². The molecule has 0 N–H and O–H groups in total. The lowest BCUT2D eigenvalue weighted by Gasteiger charge is -2.11. The highest BCUT2D eigenvalue weighted by Gasteiger charge is 2.11. The van der Waals surface area contributed by atoms with Crippen molar-refractivity contribution in [1.82, 2.24) is 19.9 Å². The average molecular weight is 471 g/mol. The number of benzene rings is 3. The summed E-state index contributed by atoms with van der Waals surface area (Å²) in [6.07, 6.45) is 3.63. The van der Waals surface area contributed by atoms with Gasteiger partial charge in [-0.05, 0) is 71.3 Å². The third-order valence-corrected chi connectivity index (χ3v) is 6.09. The summed E-state index contributed by atoms with van der Waals surface area (Å²) in [5, 5.41) is 1.21. The Morgan fingerprint density at radius 3 is 1.69 bits per heavy atom. The molecule has 0 fully saturated rings. The summed E-state index contributed by atoms with van der Waals surface area (Å²) in [7, 11) is 0. The summed E-state index contributed by atoms with van der Waals surface area (Å²) in [5.41, 5.74) is 8.75. The first kappa shape index (κ1) is 21.1. The largest absolute Gasteiger partial charge is 0.256 e. The van der Waals surface area contributed by atoms with Gasteiger partial charge in [0, 0.05) is 34.5 Å². The molecule has 6 aromatic rings. The topological polar surface area (TPSA) is 51.6 Å². The molecule has 0 saturated heterocycles. The third kappa shape index (κ3) is 4.27. The van der Waals surface area contributed by atoms with Crippen LogP contribution in [0.25, 0.3) is 55.8 Å². The Kier molecular flexibility index (Phi) is 5.49. The van der Waals surface area contributed by atoms with Gasteiger partial charge in [0.05, 0.1) is 22.6 Å². The molecule has 0 bridgehead atoms. The third-order valence-electron chi connectivity index (χ3n) is 5.92. The Hall–Kier alpha value is -4.41. The van der Waals surface area contributed by atoms with Crippen molar-refractivity contribution >= 4 is 22.5 Å². The van der Waals surface area contributed by atoms with Crippen LogP contribution in [0, 0.1) is 0 Å². The van der Waals surface area contributed by atoms with Gasteiger partial charge in [-0.3, -0.25) is 9.97 Å². The molecule has 0 atom stereocenters. The fourth-order valence-electron chi connectivity index (χ4n) is 4.25. The summed E-state index contributed by atoms with van der Waals surface area (Å²) in [6, 6.07) is 34.6. The SMILES string of the molecule is Clc1nc(-c2ccc(-c3cc(-c4ccccn4)cc(-c4ccccn4)c3)cc2)c2ccccc2n1. The van der Waals surface area contributed by atoms with Crippen LogP contribution in [0.5, 0.6) is 0 Å². The minimum Gasteiger partial charge on any atom is -0.256 e. The monoisotopic (exact) mass is 470 g/mol. The molecule has 0 aliphatic heterocycles. The van der Waals surface area contributed by atoms with Crippen LogP contribution in [-0.2, 0) is 0 Å². The lowest BCUT2D eigenvalue weighted by atomic mass is 9.95. The number of hydrogen-bond acceptors (Lipinski definition) is 4. The molecule has 5 heteroatoms. The molecule has 0 aliphatic carbocycles. The maximum absolute atomic E-state index is 6.22. The molecule has 166 valence electrons. The van der Waals surface area contributed by atoms with Crippen molar-refractivity contribution in [2.45, 2.75) is 0 Å². The van der Waals surface area contributed by atoms with Gasteiger partial charge in [0.15, 0.2) is 0 Å². The van der Waals surface area contributed by atoms with E-state index in [0.29, 0.717) is 0 Å². The number of rotatable bonds is 4. The molecule has 0 radical (unpaired) electrons. The first-order valence-corrected chi connectivity index (χ1v) is 11.6. The molecule has 0 unspecified atom stereocenters. The summed E-state index contributed by atoms with van der Waals surface area (Å²) < 4.78 is 0. The van der Waals surface area contributed by atoms with Gasteiger partial charge in [0.1, 0.15) is 0 Å². The lowest BCUT2D eigenvalue weighted by Crippen LogP contribution is -1.92. The number of aromatic nitrogens is 4. The molecule has 0 spiro atoms. The molecule has 35 heavy (non-hydrogen) atoms. The minimum atomic E-state index is 0.242. The van der Waals surface area contributed by atoms with Gasteiger partial charge in [-0.2, -0.15) is 0 Å². The molecule has 3 aromatic heterocycles. The van der Waals surface area contributed by atoms with E-state index in [1.807, 2.05) is 73.1 Å². The van der Waals surface area contributed by atoms with E-state index in [2.05, 4.69) is 62.4 Å². The van der Waals surface area contributed by atoms with Gasteiger partial charge in [-0.25, -0.2) is 9.97 Å². The highest BCUT2D eigenvalue weighted by atomic mass is 35.5. The van der Waals surface area contributed by atoms with Gasteiger partial charge in [-0.1, -0.05) is 54.6 Å². The van der Waals surface area contributed by atoms with Crippen LogP contribution in [0.1, 0.15) is 0 Å². The van der Waals surface area contributed by atoms with Crippen molar-refractivity contribution in [3.8, 4) is 44.9 Å². The zero-order valence-corrected chi connectivity index (χ0v) is 19.4. The van der Waals surface area contributed by atoms with Crippen molar-refractivity contribution in [3.63, 3.8) is 0 Å². The number of pyridine rings is 2. The second-order valence-electron chi connectivity index (χ2n) is 8.16. The Bertz CT molecular complexity index is 1580. The maximum Gasteiger partial charge on any atom is 0.223 e. The van der Waals surface area contributed by atoms with E-state index in [1.54, 1.807) is 0 Å². The molecule has 3 aromatic carbocycles. The van der Waals surface area contributed by atoms with Crippen molar-refractivity contribution in [2.24, 2.45) is 0 Å². The molecule has 0 amide bonds. The fourth-order valence-corrected chi connectivity index (χ4v) is 4.42. The van der Waals surface area contributed by atoms with E-state index >= 15 is 0 Å². The highest BCUT2D eigenvalue weighted by Crippen LogP contribution is 2.33. The number of nitrogens with zero attached hydrogens (tertiary/aromatic N) is 4. The molecule has 4 nitrogen and oxygen atoms in total. The maximum atomic E-state index is 6.22. The standard InChI is InChI=1S/C30H19ClN4/c31-30-34-28-10-2-1-7-25(28)29(35-30)21-13-11-20(12-14-21)22-17-23(26-8-3-5-15-32-26)19-24(18-22)27-9-4-6-16-33-27/h1-19H. The fraction of sp³-hybridized carbons (Fsp3) is 0. The second-order valence-corrected chi connectivity index (χ2v) is 8.50. The zero-order chi connectivity index (χ0) is 23.6. The Balaban J connectivity index is 1.46. The van der Waals surface area contributed by atoms with Crippen molar-refractivity contribution in [3.05, 3.63) is 121 Å². The van der Waals surface area contributed by atoms with Crippen molar-refractivity contribution < 1.29 is 0 Å². The molecule has 0 saturated carbocycles.